The normalized spacial score (nSPS) is 14.5. The summed E-state index contributed by atoms with van der Waals surface area (Å²) in [6.07, 6.45) is -2.64. The molecule has 2 unspecified atom stereocenters. The van der Waals surface area contributed by atoms with Gasteiger partial charge >= 0.3 is 6.18 Å². The van der Waals surface area contributed by atoms with Crippen molar-refractivity contribution < 1.29 is 65.6 Å². The number of piperidine rings is 1. The topological polar surface area (TPSA) is 299 Å². The van der Waals surface area contributed by atoms with Crippen molar-refractivity contribution in [1.29, 1.82) is 0 Å². The minimum atomic E-state index is -4.50. The van der Waals surface area contributed by atoms with Crippen molar-refractivity contribution in [2.75, 3.05) is 89.9 Å². The molecular formula is C61H63F3N12O13S. The van der Waals surface area contributed by atoms with E-state index < -0.39 is 58.8 Å². The maximum atomic E-state index is 14.5. The minimum Gasteiger partial charge on any atom is -0.382 e. The Bertz CT molecular complexity index is 3950. The number of aromatic nitrogens is 8. The number of nitrogens with zero attached hydrogens (tertiary/aromatic N) is 7. The number of aromatic amines is 2. The van der Waals surface area contributed by atoms with Crippen LogP contribution >= 0.6 is 11.3 Å². The Hall–Kier alpha value is -9.23. The Balaban J connectivity index is 0.598. The van der Waals surface area contributed by atoms with E-state index in [9.17, 15) is 46.7 Å². The van der Waals surface area contributed by atoms with Gasteiger partial charge in [0.1, 0.15) is 18.3 Å². The van der Waals surface area contributed by atoms with Crippen LogP contribution < -0.4 is 27.1 Å². The van der Waals surface area contributed by atoms with Crippen LogP contribution in [-0.2, 0) is 62.1 Å². The molecule has 29 heteroatoms. The first-order chi connectivity index (χ1) is 43.5. The van der Waals surface area contributed by atoms with Crippen LogP contribution in [0.15, 0.2) is 118 Å². The lowest BCUT2D eigenvalue weighted by molar-refractivity contribution is -0.138. The Morgan fingerprint density at radius 1 is 0.722 bits per heavy atom. The number of ether oxygens (including phenoxy) is 6. The third-order valence-corrected chi connectivity index (χ3v) is 15.4. The van der Waals surface area contributed by atoms with E-state index in [4.69, 9.17) is 28.4 Å². The zero-order chi connectivity index (χ0) is 63.3. The fourth-order valence-corrected chi connectivity index (χ4v) is 11.1. The van der Waals surface area contributed by atoms with Gasteiger partial charge in [0.2, 0.25) is 22.9 Å². The number of amides is 5. The Labute approximate surface area is 515 Å². The van der Waals surface area contributed by atoms with Crippen LogP contribution in [0.3, 0.4) is 0 Å². The van der Waals surface area contributed by atoms with E-state index >= 15 is 0 Å². The first-order valence-corrected chi connectivity index (χ1v) is 29.6. The van der Waals surface area contributed by atoms with E-state index in [-0.39, 0.29) is 66.7 Å². The number of carbonyl (C=O) groups is 5. The molecule has 2 atom stereocenters. The van der Waals surface area contributed by atoms with Gasteiger partial charge in [-0.2, -0.15) is 17.9 Å². The number of hydrogen-bond acceptors (Lipinski definition) is 18. The van der Waals surface area contributed by atoms with Crippen molar-refractivity contribution >= 4 is 52.2 Å². The monoisotopic (exact) mass is 1260 g/mol. The second-order valence-corrected chi connectivity index (χ2v) is 21.6. The number of aryl methyl sites for hydroxylation is 2. The van der Waals surface area contributed by atoms with Crippen molar-refractivity contribution in [2.45, 2.75) is 58.0 Å². The summed E-state index contributed by atoms with van der Waals surface area (Å²) in [6.45, 7) is 7.16. The molecule has 6 heterocycles. The summed E-state index contributed by atoms with van der Waals surface area (Å²) in [5, 5.41) is 24.5. The molecule has 0 spiro atoms. The van der Waals surface area contributed by atoms with Crippen molar-refractivity contribution in [3.63, 3.8) is 0 Å². The highest BCUT2D eigenvalue weighted by Crippen LogP contribution is 2.36. The molecular weight excluding hydrogens is 1200 g/mol. The summed E-state index contributed by atoms with van der Waals surface area (Å²) in [6, 6.07) is 24.2. The van der Waals surface area contributed by atoms with Crippen molar-refractivity contribution in [3.05, 3.63) is 180 Å². The standard InChI is InChI=1S/C61H63F3N12O13S/c1-37-51(58(82)75(70-37)44-7-4-3-5-8-44)53(52-38(2)71-76(59(52)83)60-67-47(36-90-60)39-11-15-41(16-12-39)61(62,63)64)40-13-17-42(18-14-40)66-50(78)35-89-32-29-85-24-22-73-33-43(69-72-73)34-88-31-30-87-28-27-86-26-25-84-23-21-65-46-10-6-9-45-54(46)57(81)74(56(45)80)48-19-20-49(77)68-55(48)79/h3-18,33,36,48,53,65,70-71H,19-32,34-35H2,1-2H3,(H,66,78)(H,68,77,79). The lowest BCUT2D eigenvalue weighted by atomic mass is 9.85. The number of H-pyrrole nitrogens is 2. The number of alkyl halides is 3. The number of rotatable bonds is 31. The lowest BCUT2D eigenvalue weighted by Gasteiger charge is -2.27. The van der Waals surface area contributed by atoms with Crippen LogP contribution in [-0.4, -0.2) is 159 Å². The average molecular weight is 1260 g/mol. The molecule has 25 nitrogen and oxygen atoms in total. The number of para-hydroxylation sites is 1. The van der Waals surface area contributed by atoms with Crippen LogP contribution in [0.2, 0.25) is 0 Å². The molecule has 0 saturated carbocycles. The average Bonchev–Trinajstić information content (AvgIpc) is 1.76. The number of fused-ring (bicyclic) bond motifs is 1. The first kappa shape index (κ1) is 63.8. The molecule has 0 radical (unpaired) electrons. The van der Waals surface area contributed by atoms with E-state index in [0.717, 1.165) is 28.4 Å². The summed E-state index contributed by atoms with van der Waals surface area (Å²) < 4.78 is 77.8. The van der Waals surface area contributed by atoms with Crippen molar-refractivity contribution in [3.8, 4) is 22.1 Å². The van der Waals surface area contributed by atoms with Crippen molar-refractivity contribution in [1.82, 2.24) is 49.8 Å². The highest BCUT2D eigenvalue weighted by molar-refractivity contribution is 7.12. The van der Waals surface area contributed by atoms with Crippen LogP contribution in [0.1, 0.15) is 78.8 Å². The summed E-state index contributed by atoms with van der Waals surface area (Å²) in [5.41, 5.74) is 3.71. The Morgan fingerprint density at radius 3 is 2.06 bits per heavy atom. The van der Waals surface area contributed by atoms with Gasteiger partial charge in [-0.15, -0.1) is 16.4 Å². The maximum Gasteiger partial charge on any atom is 0.416 e. The van der Waals surface area contributed by atoms with Gasteiger partial charge in [0.05, 0.1) is 125 Å². The summed E-state index contributed by atoms with van der Waals surface area (Å²) in [4.78, 5) is 97.7. The minimum absolute atomic E-state index is 0.0397. The molecule has 0 bridgehead atoms. The molecule has 1 saturated heterocycles. The fraction of sp³-hybridized carbons (Fsp3) is 0.344. The maximum absolute atomic E-state index is 14.5. The van der Waals surface area contributed by atoms with E-state index in [2.05, 4.69) is 41.4 Å². The number of hydrogen-bond donors (Lipinski definition) is 5. The molecule has 5 N–H and O–H groups in total. The number of anilines is 2. The van der Waals surface area contributed by atoms with Gasteiger partial charge in [-0.05, 0) is 74.4 Å². The molecule has 1 fully saturated rings. The molecule has 90 heavy (non-hydrogen) atoms. The SMILES string of the molecule is Cc1[nH]n(-c2ccccc2)c(=O)c1C(c1ccc(NC(=O)COCCOCCn2cc(COCCOCCOCCOCCNc3cccc4c3C(=O)N(C3CCC(=O)NC3=O)C4=O)nn2)cc1)c1c(C)[nH]n(-c2nc(-c3ccc(C(F)(F)F)cc3)cs2)c1=O. The summed E-state index contributed by atoms with van der Waals surface area (Å²) >= 11 is 1.12. The zero-order valence-electron chi connectivity index (χ0n) is 48.8. The van der Waals surface area contributed by atoms with Gasteiger partial charge in [-0.3, -0.25) is 54.0 Å². The molecule has 0 aliphatic carbocycles. The predicted octanol–water partition coefficient (Wildman–Crippen LogP) is 5.93. The van der Waals surface area contributed by atoms with E-state index in [1.54, 1.807) is 90.8 Å². The number of nitrogens with one attached hydrogen (secondary N) is 5. The van der Waals surface area contributed by atoms with Crippen LogP contribution in [0.25, 0.3) is 22.1 Å². The highest BCUT2D eigenvalue weighted by atomic mass is 32.1. The Kier molecular flexibility index (Phi) is 20.8. The lowest BCUT2D eigenvalue weighted by Crippen LogP contribution is -2.54. The molecule has 2 aliphatic heterocycles. The second kappa shape index (κ2) is 29.4. The first-order valence-electron chi connectivity index (χ1n) is 28.7. The van der Waals surface area contributed by atoms with Crippen LogP contribution in [0, 0.1) is 13.8 Å². The van der Waals surface area contributed by atoms with Crippen LogP contribution in [0.5, 0.6) is 0 Å². The summed E-state index contributed by atoms with van der Waals surface area (Å²) in [7, 11) is 0. The molecule has 2 aliphatic rings. The highest BCUT2D eigenvalue weighted by Gasteiger charge is 2.45. The third-order valence-electron chi connectivity index (χ3n) is 14.6. The van der Waals surface area contributed by atoms with Gasteiger partial charge in [-0.25, -0.2) is 14.3 Å². The van der Waals surface area contributed by atoms with Gasteiger partial charge in [-0.1, -0.05) is 53.7 Å². The number of thiazole rings is 1. The van der Waals surface area contributed by atoms with Crippen molar-refractivity contribution in [2.24, 2.45) is 0 Å². The van der Waals surface area contributed by atoms with Gasteiger partial charge in [0, 0.05) is 52.6 Å². The van der Waals surface area contributed by atoms with E-state index in [0.29, 0.717) is 122 Å². The van der Waals surface area contributed by atoms with Gasteiger partial charge in [0.25, 0.3) is 22.9 Å². The molecule has 4 aromatic carbocycles. The molecule has 4 aromatic heterocycles. The Morgan fingerprint density at radius 2 is 1.37 bits per heavy atom. The second-order valence-electron chi connectivity index (χ2n) is 20.7. The largest absolute Gasteiger partial charge is 0.416 e. The fourth-order valence-electron chi connectivity index (χ4n) is 10.3. The smallest absolute Gasteiger partial charge is 0.382 e. The zero-order valence-corrected chi connectivity index (χ0v) is 49.7. The van der Waals surface area contributed by atoms with Gasteiger partial charge in [0.15, 0.2) is 0 Å². The van der Waals surface area contributed by atoms with Crippen LogP contribution in [0.4, 0.5) is 24.5 Å². The molecule has 8 aromatic rings. The quantitative estimate of drug-likeness (QED) is 0.0249. The number of benzene rings is 4. The van der Waals surface area contributed by atoms with Gasteiger partial charge < -0.3 is 39.1 Å². The van der Waals surface area contributed by atoms with E-state index in [1.165, 1.54) is 27.6 Å². The molecule has 472 valence electrons. The van der Waals surface area contributed by atoms with E-state index in [1.807, 2.05) is 6.07 Å². The molecule has 10 rings (SSSR count). The predicted molar refractivity (Wildman–Crippen MR) is 320 cm³/mol. The number of imide groups is 2. The molecule has 5 amide bonds. The number of carbonyl (C=O) groups excluding carboxylic acids is 5. The number of halogens is 3. The summed E-state index contributed by atoms with van der Waals surface area (Å²) in [5.74, 6) is -3.59. The third kappa shape index (κ3) is 15.2.